The van der Waals surface area contributed by atoms with Gasteiger partial charge in [0.25, 0.3) is 5.91 Å². The SMILES string of the molecule is O=C(NCc1ncon1)c1cc(I)ccc1O. The molecule has 0 aliphatic rings. The van der Waals surface area contributed by atoms with Crippen LogP contribution >= 0.6 is 22.6 Å². The van der Waals surface area contributed by atoms with Gasteiger partial charge in [0.1, 0.15) is 5.75 Å². The molecule has 0 spiro atoms. The molecule has 1 heterocycles. The van der Waals surface area contributed by atoms with Gasteiger partial charge in [-0.1, -0.05) is 5.16 Å². The first-order valence-corrected chi connectivity index (χ1v) is 5.76. The molecule has 1 amide bonds. The maximum atomic E-state index is 11.8. The summed E-state index contributed by atoms with van der Waals surface area (Å²) in [5.41, 5.74) is 0.223. The average Bonchev–Trinajstić information content (AvgIpc) is 2.82. The fourth-order valence-electron chi connectivity index (χ4n) is 1.21. The number of halogens is 1. The number of aromatic nitrogens is 2. The lowest BCUT2D eigenvalue weighted by Crippen LogP contribution is -2.23. The monoisotopic (exact) mass is 345 g/mol. The van der Waals surface area contributed by atoms with E-state index in [9.17, 15) is 9.90 Å². The molecule has 88 valence electrons. The number of carbonyl (C=O) groups is 1. The number of phenolic OH excluding ortho intramolecular Hbond substituents is 1. The first kappa shape index (κ1) is 11.8. The van der Waals surface area contributed by atoms with Crippen molar-refractivity contribution < 1.29 is 14.4 Å². The van der Waals surface area contributed by atoms with Crippen molar-refractivity contribution in [2.45, 2.75) is 6.54 Å². The molecule has 0 atom stereocenters. The highest BCUT2D eigenvalue weighted by Crippen LogP contribution is 2.19. The van der Waals surface area contributed by atoms with Crippen LogP contribution in [0.25, 0.3) is 0 Å². The standard InChI is InChI=1S/C10H8IN3O3/c11-6-1-2-8(15)7(3-6)10(16)12-4-9-13-5-17-14-9/h1-3,5,15H,4H2,(H,12,16). The largest absolute Gasteiger partial charge is 0.507 e. The Balaban J connectivity index is 2.07. The zero-order chi connectivity index (χ0) is 12.3. The third-order valence-corrected chi connectivity index (χ3v) is 2.69. The third kappa shape index (κ3) is 2.93. The van der Waals surface area contributed by atoms with Crippen molar-refractivity contribution in [1.29, 1.82) is 0 Å². The Labute approximate surface area is 110 Å². The predicted octanol–water partition coefficient (Wildman–Crippen LogP) is 1.31. The summed E-state index contributed by atoms with van der Waals surface area (Å²) in [6.45, 7) is 0.153. The van der Waals surface area contributed by atoms with Crippen LogP contribution in [0.15, 0.2) is 29.1 Å². The van der Waals surface area contributed by atoms with Gasteiger partial charge in [-0.25, -0.2) is 0 Å². The number of aromatic hydroxyl groups is 1. The summed E-state index contributed by atoms with van der Waals surface area (Å²) in [7, 11) is 0. The summed E-state index contributed by atoms with van der Waals surface area (Å²) in [5.74, 6) is -0.0645. The molecule has 0 radical (unpaired) electrons. The normalized spacial score (nSPS) is 10.2. The van der Waals surface area contributed by atoms with Crippen LogP contribution in [0.3, 0.4) is 0 Å². The van der Waals surface area contributed by atoms with Gasteiger partial charge < -0.3 is 14.9 Å². The topological polar surface area (TPSA) is 88.3 Å². The number of nitrogens with zero attached hydrogens (tertiary/aromatic N) is 2. The minimum atomic E-state index is -0.384. The maximum Gasteiger partial charge on any atom is 0.255 e. The molecule has 0 aliphatic heterocycles. The molecule has 0 aliphatic carbocycles. The fraction of sp³-hybridized carbons (Fsp3) is 0.100. The highest BCUT2D eigenvalue weighted by molar-refractivity contribution is 14.1. The van der Waals surface area contributed by atoms with Gasteiger partial charge >= 0.3 is 0 Å². The van der Waals surface area contributed by atoms with Crippen LogP contribution in [0.5, 0.6) is 5.75 Å². The van der Waals surface area contributed by atoms with E-state index in [4.69, 9.17) is 0 Å². The number of phenols is 1. The number of amides is 1. The number of carbonyl (C=O) groups excluding carboxylic acids is 1. The minimum Gasteiger partial charge on any atom is -0.507 e. The Bertz CT molecular complexity index is 528. The van der Waals surface area contributed by atoms with E-state index in [-0.39, 0.29) is 23.8 Å². The molecule has 7 heteroatoms. The number of hydrogen-bond donors (Lipinski definition) is 2. The second-order valence-corrected chi connectivity index (χ2v) is 4.44. The van der Waals surface area contributed by atoms with Crippen molar-refractivity contribution in [2.24, 2.45) is 0 Å². The molecule has 0 fully saturated rings. The van der Waals surface area contributed by atoms with Crippen molar-refractivity contribution in [1.82, 2.24) is 15.5 Å². The fourth-order valence-corrected chi connectivity index (χ4v) is 1.71. The van der Waals surface area contributed by atoms with Crippen molar-refractivity contribution in [2.75, 3.05) is 0 Å². The van der Waals surface area contributed by atoms with Crippen molar-refractivity contribution in [3.8, 4) is 5.75 Å². The van der Waals surface area contributed by atoms with Crippen LogP contribution in [0.2, 0.25) is 0 Å². The van der Waals surface area contributed by atoms with Crippen LogP contribution in [-0.4, -0.2) is 21.2 Å². The summed E-state index contributed by atoms with van der Waals surface area (Å²) >= 11 is 2.06. The van der Waals surface area contributed by atoms with Gasteiger partial charge in [-0.3, -0.25) is 4.79 Å². The Hall–Kier alpha value is -1.64. The van der Waals surface area contributed by atoms with E-state index >= 15 is 0 Å². The van der Waals surface area contributed by atoms with Gasteiger partial charge in [0.2, 0.25) is 6.39 Å². The predicted molar refractivity (Wildman–Crippen MR) is 66.3 cm³/mol. The van der Waals surface area contributed by atoms with E-state index in [1.54, 1.807) is 12.1 Å². The number of hydrogen-bond acceptors (Lipinski definition) is 5. The van der Waals surface area contributed by atoms with E-state index in [0.29, 0.717) is 5.82 Å². The van der Waals surface area contributed by atoms with Gasteiger partial charge in [0.15, 0.2) is 5.82 Å². The lowest BCUT2D eigenvalue weighted by atomic mass is 10.2. The van der Waals surface area contributed by atoms with Crippen LogP contribution in [0.1, 0.15) is 16.2 Å². The summed E-state index contributed by atoms with van der Waals surface area (Å²) < 4.78 is 5.40. The maximum absolute atomic E-state index is 11.8. The summed E-state index contributed by atoms with van der Waals surface area (Å²) in [6.07, 6.45) is 1.18. The van der Waals surface area contributed by atoms with Gasteiger partial charge in [0.05, 0.1) is 12.1 Å². The zero-order valence-corrected chi connectivity index (χ0v) is 10.7. The van der Waals surface area contributed by atoms with Crippen LogP contribution < -0.4 is 5.32 Å². The molecule has 0 saturated carbocycles. The molecule has 1 aromatic carbocycles. The van der Waals surface area contributed by atoms with Crippen LogP contribution in [0, 0.1) is 3.57 Å². The molecule has 17 heavy (non-hydrogen) atoms. The number of benzene rings is 1. The lowest BCUT2D eigenvalue weighted by Gasteiger charge is -2.05. The molecule has 0 bridgehead atoms. The Kier molecular flexibility index (Phi) is 3.57. The van der Waals surface area contributed by atoms with E-state index in [0.717, 1.165) is 3.57 Å². The van der Waals surface area contributed by atoms with E-state index in [1.807, 2.05) is 0 Å². The average molecular weight is 345 g/mol. The first-order valence-electron chi connectivity index (χ1n) is 4.69. The molecule has 1 aromatic heterocycles. The molecule has 2 rings (SSSR count). The Morgan fingerprint density at radius 1 is 1.53 bits per heavy atom. The second kappa shape index (κ2) is 5.13. The molecular weight excluding hydrogens is 337 g/mol. The van der Waals surface area contributed by atoms with Crippen LogP contribution in [0.4, 0.5) is 0 Å². The summed E-state index contributed by atoms with van der Waals surface area (Å²) in [6, 6.07) is 4.79. The van der Waals surface area contributed by atoms with E-state index in [1.165, 1.54) is 12.5 Å². The number of nitrogens with one attached hydrogen (secondary N) is 1. The number of rotatable bonds is 3. The van der Waals surface area contributed by atoms with E-state index < -0.39 is 0 Å². The third-order valence-electron chi connectivity index (χ3n) is 2.02. The van der Waals surface area contributed by atoms with Crippen LogP contribution in [-0.2, 0) is 6.54 Å². The van der Waals surface area contributed by atoms with Crippen molar-refractivity contribution >= 4 is 28.5 Å². The lowest BCUT2D eigenvalue weighted by molar-refractivity contribution is 0.0947. The van der Waals surface area contributed by atoms with Crippen molar-refractivity contribution in [3.05, 3.63) is 39.6 Å². The van der Waals surface area contributed by atoms with Crippen molar-refractivity contribution in [3.63, 3.8) is 0 Å². The molecule has 6 nitrogen and oxygen atoms in total. The van der Waals surface area contributed by atoms with Gasteiger partial charge in [0, 0.05) is 3.57 Å². The Morgan fingerprint density at radius 3 is 3.06 bits per heavy atom. The smallest absolute Gasteiger partial charge is 0.255 e. The highest BCUT2D eigenvalue weighted by Gasteiger charge is 2.11. The van der Waals surface area contributed by atoms with E-state index in [2.05, 4.69) is 42.6 Å². The minimum absolute atomic E-state index is 0.0592. The Morgan fingerprint density at radius 2 is 2.35 bits per heavy atom. The van der Waals surface area contributed by atoms with Gasteiger partial charge in [-0.15, -0.1) is 0 Å². The highest BCUT2D eigenvalue weighted by atomic mass is 127. The second-order valence-electron chi connectivity index (χ2n) is 3.19. The molecule has 0 saturated heterocycles. The first-order chi connectivity index (χ1) is 8.16. The molecular formula is C10H8IN3O3. The zero-order valence-electron chi connectivity index (χ0n) is 8.55. The molecule has 0 unspecified atom stereocenters. The van der Waals surface area contributed by atoms with Gasteiger partial charge in [-0.05, 0) is 40.8 Å². The summed E-state index contributed by atoms with van der Waals surface area (Å²) in [4.78, 5) is 15.5. The van der Waals surface area contributed by atoms with Gasteiger partial charge in [-0.2, -0.15) is 4.98 Å². The summed E-state index contributed by atoms with van der Waals surface area (Å²) in [5, 5.41) is 15.7. The quantitative estimate of drug-likeness (QED) is 0.819. The molecule has 2 aromatic rings. The molecule has 2 N–H and O–H groups in total.